The summed E-state index contributed by atoms with van der Waals surface area (Å²) in [5.41, 5.74) is 0.834. The van der Waals surface area contributed by atoms with Crippen molar-refractivity contribution in [2.24, 2.45) is 0 Å². The number of hydrogen-bond donors (Lipinski definition) is 2. The van der Waals surface area contributed by atoms with E-state index in [1.165, 1.54) is 23.0 Å². The van der Waals surface area contributed by atoms with Gasteiger partial charge in [-0.3, -0.25) is 9.59 Å². The molecule has 7 nitrogen and oxygen atoms in total. The Morgan fingerprint density at radius 3 is 2.91 bits per heavy atom. The van der Waals surface area contributed by atoms with E-state index in [0.717, 1.165) is 0 Å². The van der Waals surface area contributed by atoms with E-state index >= 15 is 0 Å². The van der Waals surface area contributed by atoms with Crippen LogP contribution < -0.4 is 5.32 Å². The number of aliphatic carboxylic acids is 1. The molecule has 2 rings (SSSR count). The van der Waals surface area contributed by atoms with Crippen molar-refractivity contribution in [2.75, 3.05) is 0 Å². The third-order valence-electron chi connectivity index (χ3n) is 3.17. The molecule has 1 aromatic heterocycles. The SMILES string of the molecule is CC(CCC(=O)O)NC(=O)c1cn(Cc2cccc(F)c2)nn1. The van der Waals surface area contributed by atoms with Gasteiger partial charge in [0.15, 0.2) is 5.69 Å². The number of halogens is 1. The smallest absolute Gasteiger partial charge is 0.303 e. The summed E-state index contributed by atoms with van der Waals surface area (Å²) in [5.74, 6) is -1.67. The van der Waals surface area contributed by atoms with E-state index in [1.807, 2.05) is 0 Å². The lowest BCUT2D eigenvalue weighted by molar-refractivity contribution is -0.137. The molecule has 0 aliphatic rings. The molecule has 2 N–H and O–H groups in total. The summed E-state index contributed by atoms with van der Waals surface area (Å²) >= 11 is 0. The molecule has 122 valence electrons. The predicted molar refractivity (Wildman–Crippen MR) is 79.3 cm³/mol. The molecule has 0 fully saturated rings. The number of benzene rings is 1. The third-order valence-corrected chi connectivity index (χ3v) is 3.17. The summed E-state index contributed by atoms with van der Waals surface area (Å²) in [6, 6.07) is 5.79. The van der Waals surface area contributed by atoms with Crippen molar-refractivity contribution >= 4 is 11.9 Å². The first kappa shape index (κ1) is 16.6. The lowest BCUT2D eigenvalue weighted by atomic mass is 10.2. The van der Waals surface area contributed by atoms with Gasteiger partial charge in [0.1, 0.15) is 5.82 Å². The molecular formula is C15H17FN4O3. The molecule has 1 amide bonds. The molecule has 1 unspecified atom stereocenters. The molecule has 8 heteroatoms. The van der Waals surface area contributed by atoms with Crippen LogP contribution in [0.3, 0.4) is 0 Å². The summed E-state index contributed by atoms with van der Waals surface area (Å²) in [6.07, 6.45) is 1.77. The minimum Gasteiger partial charge on any atom is -0.481 e. The number of nitrogens with one attached hydrogen (secondary N) is 1. The van der Waals surface area contributed by atoms with Gasteiger partial charge in [-0.05, 0) is 31.0 Å². The summed E-state index contributed by atoms with van der Waals surface area (Å²) in [5, 5.41) is 18.9. The van der Waals surface area contributed by atoms with Crippen LogP contribution in [-0.2, 0) is 11.3 Å². The third kappa shape index (κ3) is 5.17. The maximum Gasteiger partial charge on any atom is 0.303 e. The molecule has 0 saturated carbocycles. The van der Waals surface area contributed by atoms with Crippen molar-refractivity contribution in [3.05, 3.63) is 47.5 Å². The first-order valence-corrected chi connectivity index (χ1v) is 7.11. The van der Waals surface area contributed by atoms with Crippen molar-refractivity contribution in [1.82, 2.24) is 20.3 Å². The standard InChI is InChI=1S/C15H17FN4O3/c1-10(5-6-14(21)22)17-15(23)13-9-20(19-18-13)8-11-3-2-4-12(16)7-11/h2-4,7,9-10H,5-6,8H2,1H3,(H,17,23)(H,21,22). The zero-order valence-electron chi connectivity index (χ0n) is 12.6. The van der Waals surface area contributed by atoms with E-state index in [0.29, 0.717) is 18.5 Å². The number of nitrogens with zero attached hydrogens (tertiary/aromatic N) is 3. The maximum absolute atomic E-state index is 13.1. The lowest BCUT2D eigenvalue weighted by Gasteiger charge is -2.10. The highest BCUT2D eigenvalue weighted by molar-refractivity contribution is 5.92. The monoisotopic (exact) mass is 320 g/mol. The topological polar surface area (TPSA) is 97.1 Å². The highest BCUT2D eigenvalue weighted by atomic mass is 19.1. The molecule has 0 bridgehead atoms. The number of aromatic nitrogens is 3. The van der Waals surface area contributed by atoms with Crippen LogP contribution >= 0.6 is 0 Å². The van der Waals surface area contributed by atoms with Gasteiger partial charge >= 0.3 is 5.97 Å². The Morgan fingerprint density at radius 2 is 2.22 bits per heavy atom. The predicted octanol–water partition coefficient (Wildman–Crippen LogP) is 1.45. The second-order valence-corrected chi connectivity index (χ2v) is 5.24. The van der Waals surface area contributed by atoms with Gasteiger partial charge in [-0.1, -0.05) is 17.3 Å². The Bertz CT molecular complexity index is 702. The summed E-state index contributed by atoms with van der Waals surface area (Å²) in [4.78, 5) is 22.5. The van der Waals surface area contributed by atoms with E-state index in [2.05, 4.69) is 15.6 Å². The van der Waals surface area contributed by atoms with Crippen LogP contribution in [0.4, 0.5) is 4.39 Å². The number of hydrogen-bond acceptors (Lipinski definition) is 4. The molecule has 23 heavy (non-hydrogen) atoms. The van der Waals surface area contributed by atoms with Crippen molar-refractivity contribution in [1.29, 1.82) is 0 Å². The number of carbonyl (C=O) groups is 2. The fraction of sp³-hybridized carbons (Fsp3) is 0.333. The fourth-order valence-corrected chi connectivity index (χ4v) is 2.01. The first-order valence-electron chi connectivity index (χ1n) is 7.11. The van der Waals surface area contributed by atoms with E-state index in [4.69, 9.17) is 5.11 Å². The van der Waals surface area contributed by atoms with Gasteiger partial charge in [0, 0.05) is 12.5 Å². The minimum atomic E-state index is -0.910. The highest BCUT2D eigenvalue weighted by Gasteiger charge is 2.14. The van der Waals surface area contributed by atoms with Gasteiger partial charge in [-0.25, -0.2) is 9.07 Å². The molecule has 1 atom stereocenters. The lowest BCUT2D eigenvalue weighted by Crippen LogP contribution is -2.33. The summed E-state index contributed by atoms with van der Waals surface area (Å²) < 4.78 is 14.6. The Balaban J connectivity index is 1.93. The number of carboxylic acid groups (broad SMARTS) is 1. The van der Waals surface area contributed by atoms with E-state index < -0.39 is 11.9 Å². The van der Waals surface area contributed by atoms with Gasteiger partial charge in [0.2, 0.25) is 0 Å². The van der Waals surface area contributed by atoms with Gasteiger partial charge in [0.25, 0.3) is 5.91 Å². The number of carboxylic acids is 1. The largest absolute Gasteiger partial charge is 0.481 e. The van der Waals surface area contributed by atoms with Crippen LogP contribution in [0.5, 0.6) is 0 Å². The van der Waals surface area contributed by atoms with Crippen molar-refractivity contribution in [3.63, 3.8) is 0 Å². The zero-order chi connectivity index (χ0) is 16.8. The van der Waals surface area contributed by atoms with Crippen LogP contribution in [0.25, 0.3) is 0 Å². The van der Waals surface area contributed by atoms with Gasteiger partial charge in [-0.15, -0.1) is 5.10 Å². The molecule has 0 aliphatic heterocycles. The van der Waals surface area contributed by atoms with Crippen molar-refractivity contribution < 1.29 is 19.1 Å². The summed E-state index contributed by atoms with van der Waals surface area (Å²) in [6.45, 7) is 2.02. The van der Waals surface area contributed by atoms with Crippen LogP contribution in [0.1, 0.15) is 35.8 Å². The minimum absolute atomic E-state index is 0.0201. The fourth-order valence-electron chi connectivity index (χ4n) is 2.01. The first-order chi connectivity index (χ1) is 10.9. The van der Waals surface area contributed by atoms with Gasteiger partial charge in [0.05, 0.1) is 12.7 Å². The van der Waals surface area contributed by atoms with E-state index in [9.17, 15) is 14.0 Å². The Labute approximate surface area is 132 Å². The second kappa shape index (κ2) is 7.48. The Hall–Kier alpha value is -2.77. The van der Waals surface area contributed by atoms with Gasteiger partial charge < -0.3 is 10.4 Å². The average molecular weight is 320 g/mol. The maximum atomic E-state index is 13.1. The quantitative estimate of drug-likeness (QED) is 0.805. The van der Waals surface area contributed by atoms with Crippen molar-refractivity contribution in [3.8, 4) is 0 Å². The Kier molecular flexibility index (Phi) is 5.40. The molecule has 0 saturated heterocycles. The van der Waals surface area contributed by atoms with Gasteiger partial charge in [-0.2, -0.15) is 0 Å². The zero-order valence-corrected chi connectivity index (χ0v) is 12.6. The van der Waals surface area contributed by atoms with Crippen LogP contribution in [0.15, 0.2) is 30.5 Å². The number of carbonyl (C=O) groups excluding carboxylic acids is 1. The molecule has 0 aliphatic carbocycles. The Morgan fingerprint density at radius 1 is 1.43 bits per heavy atom. The highest BCUT2D eigenvalue weighted by Crippen LogP contribution is 2.06. The molecule has 1 heterocycles. The summed E-state index contributed by atoms with van der Waals surface area (Å²) in [7, 11) is 0. The van der Waals surface area contributed by atoms with E-state index in [-0.39, 0.29) is 24.0 Å². The second-order valence-electron chi connectivity index (χ2n) is 5.24. The molecule has 0 radical (unpaired) electrons. The molecule has 0 spiro atoms. The molecule has 2 aromatic rings. The average Bonchev–Trinajstić information content (AvgIpc) is 2.94. The van der Waals surface area contributed by atoms with Crippen LogP contribution in [0.2, 0.25) is 0 Å². The molecule has 1 aromatic carbocycles. The normalized spacial score (nSPS) is 11.9. The van der Waals surface area contributed by atoms with Crippen LogP contribution in [0, 0.1) is 5.82 Å². The van der Waals surface area contributed by atoms with Crippen molar-refractivity contribution in [2.45, 2.75) is 32.4 Å². The number of rotatable bonds is 7. The molecular weight excluding hydrogens is 303 g/mol. The van der Waals surface area contributed by atoms with Crippen LogP contribution in [-0.4, -0.2) is 38.0 Å². The van der Waals surface area contributed by atoms with E-state index in [1.54, 1.807) is 19.1 Å². The number of amides is 1.